The van der Waals surface area contributed by atoms with Crippen LogP contribution < -0.4 is 28.0 Å². The van der Waals surface area contributed by atoms with Gasteiger partial charge in [-0.15, -0.1) is 0 Å². The highest BCUT2D eigenvalue weighted by Crippen LogP contribution is 2.36. The third-order valence-corrected chi connectivity index (χ3v) is 3.43. The molecule has 0 radical (unpaired) electrons. The number of benzene rings is 2. The predicted molar refractivity (Wildman–Crippen MR) is 85.3 cm³/mol. The standard InChI is InChI=1S/C17H15N3O2.ClH/c18-13-6-4-5-12-7-8-14(17(22)16(12)13)19-15(21)11-20-9-2-1-3-10-20;/h1-10H,11,18H2,(H-,19,21,22);1H. The summed E-state index contributed by atoms with van der Waals surface area (Å²) in [5, 5.41) is 14.4. The lowest BCUT2D eigenvalue weighted by atomic mass is 10.1. The summed E-state index contributed by atoms with van der Waals surface area (Å²) in [5.41, 5.74) is 6.73. The molecule has 0 atom stereocenters. The molecule has 3 rings (SSSR count). The Kier molecular flexibility index (Phi) is 5.03. The van der Waals surface area contributed by atoms with E-state index in [2.05, 4.69) is 5.32 Å². The van der Waals surface area contributed by atoms with E-state index in [1.54, 1.807) is 29.1 Å². The molecular formula is C17H16ClN3O2. The lowest BCUT2D eigenvalue weighted by Gasteiger charge is -2.10. The van der Waals surface area contributed by atoms with Crippen molar-refractivity contribution in [2.24, 2.45) is 0 Å². The first-order chi connectivity index (χ1) is 10.6. The second kappa shape index (κ2) is 6.98. The van der Waals surface area contributed by atoms with E-state index in [9.17, 15) is 9.90 Å². The Balaban J connectivity index is 0.00000192. The van der Waals surface area contributed by atoms with Gasteiger partial charge in [0.1, 0.15) is 5.75 Å². The molecule has 1 amide bonds. The first-order valence-electron chi connectivity index (χ1n) is 6.89. The average Bonchev–Trinajstić information content (AvgIpc) is 2.51. The number of phenolic OH excluding ortho intramolecular Hbond substituents is 1. The summed E-state index contributed by atoms with van der Waals surface area (Å²) >= 11 is 0. The van der Waals surface area contributed by atoms with Gasteiger partial charge in [-0.05, 0) is 17.5 Å². The number of hydrogen-bond acceptors (Lipinski definition) is 3. The fourth-order valence-electron chi connectivity index (χ4n) is 2.38. The predicted octanol–water partition coefficient (Wildman–Crippen LogP) is -0.942. The zero-order chi connectivity index (χ0) is 15.5. The summed E-state index contributed by atoms with van der Waals surface area (Å²) in [6.45, 7) is 0.169. The number of hydrogen-bond donors (Lipinski definition) is 3. The average molecular weight is 330 g/mol. The smallest absolute Gasteiger partial charge is 0.290 e. The summed E-state index contributed by atoms with van der Waals surface area (Å²) in [6, 6.07) is 14.5. The van der Waals surface area contributed by atoms with Gasteiger partial charge in [-0.25, -0.2) is 0 Å². The molecule has 0 aliphatic rings. The molecule has 1 aromatic heterocycles. The number of nitrogens with one attached hydrogen (secondary N) is 1. The van der Waals surface area contributed by atoms with Crippen LogP contribution in [-0.2, 0) is 11.3 Å². The Labute approximate surface area is 139 Å². The van der Waals surface area contributed by atoms with Gasteiger partial charge in [0.05, 0.1) is 5.69 Å². The normalized spacial score (nSPS) is 10.1. The number of anilines is 2. The maximum atomic E-state index is 12.1. The highest BCUT2D eigenvalue weighted by Gasteiger charge is 2.14. The number of pyridine rings is 1. The summed E-state index contributed by atoms with van der Waals surface area (Å²) in [6.07, 6.45) is 3.61. The van der Waals surface area contributed by atoms with E-state index in [4.69, 9.17) is 5.73 Å². The number of aromatic hydroxyl groups is 1. The molecule has 0 saturated heterocycles. The SMILES string of the molecule is Nc1cccc2ccc(NC(=O)C[n+]3ccccc3)c(O)c12.[Cl-]. The van der Waals surface area contributed by atoms with Gasteiger partial charge < -0.3 is 28.6 Å². The minimum atomic E-state index is -0.222. The van der Waals surface area contributed by atoms with Crippen molar-refractivity contribution >= 4 is 28.1 Å². The summed E-state index contributed by atoms with van der Waals surface area (Å²) in [7, 11) is 0. The van der Waals surface area contributed by atoms with Crippen LogP contribution in [0.25, 0.3) is 10.8 Å². The Morgan fingerprint density at radius 1 is 1.09 bits per heavy atom. The van der Waals surface area contributed by atoms with Crippen molar-refractivity contribution in [2.45, 2.75) is 6.54 Å². The van der Waals surface area contributed by atoms with Crippen LogP contribution in [0.2, 0.25) is 0 Å². The van der Waals surface area contributed by atoms with Gasteiger partial charge in [0.25, 0.3) is 5.91 Å². The van der Waals surface area contributed by atoms with Crippen molar-refractivity contribution in [3.05, 3.63) is 60.9 Å². The number of carbonyl (C=O) groups excluding carboxylic acids is 1. The van der Waals surface area contributed by atoms with Crippen molar-refractivity contribution in [2.75, 3.05) is 11.1 Å². The molecular weight excluding hydrogens is 314 g/mol. The number of amides is 1. The van der Waals surface area contributed by atoms with E-state index >= 15 is 0 Å². The van der Waals surface area contributed by atoms with E-state index in [0.29, 0.717) is 16.8 Å². The van der Waals surface area contributed by atoms with Crippen molar-refractivity contribution in [1.82, 2.24) is 0 Å². The van der Waals surface area contributed by atoms with Crippen LogP contribution in [0.3, 0.4) is 0 Å². The lowest BCUT2D eigenvalue weighted by molar-refractivity contribution is -0.684. The Morgan fingerprint density at radius 3 is 2.57 bits per heavy atom. The number of carbonyl (C=O) groups is 1. The van der Waals surface area contributed by atoms with E-state index in [0.717, 1.165) is 5.39 Å². The quantitative estimate of drug-likeness (QED) is 0.330. The fourth-order valence-corrected chi connectivity index (χ4v) is 2.38. The van der Waals surface area contributed by atoms with Crippen LogP contribution in [0.15, 0.2) is 60.9 Å². The highest BCUT2D eigenvalue weighted by molar-refractivity contribution is 6.04. The van der Waals surface area contributed by atoms with E-state index in [-0.39, 0.29) is 30.6 Å². The summed E-state index contributed by atoms with van der Waals surface area (Å²) in [5.74, 6) is -0.234. The molecule has 2 aromatic carbocycles. The number of halogens is 1. The van der Waals surface area contributed by atoms with Crippen LogP contribution in [0.5, 0.6) is 5.75 Å². The van der Waals surface area contributed by atoms with Crippen LogP contribution in [0.1, 0.15) is 0 Å². The molecule has 0 aliphatic heterocycles. The molecule has 3 aromatic rings. The van der Waals surface area contributed by atoms with Crippen LogP contribution in [-0.4, -0.2) is 11.0 Å². The van der Waals surface area contributed by atoms with Crippen molar-refractivity contribution in [3.8, 4) is 5.75 Å². The van der Waals surface area contributed by atoms with Crippen molar-refractivity contribution in [3.63, 3.8) is 0 Å². The number of aromatic nitrogens is 1. The molecule has 4 N–H and O–H groups in total. The maximum Gasteiger partial charge on any atom is 0.290 e. The zero-order valence-electron chi connectivity index (χ0n) is 12.2. The number of nitrogens with two attached hydrogens (primary N) is 1. The molecule has 0 spiro atoms. The Hall–Kier alpha value is -2.79. The lowest BCUT2D eigenvalue weighted by Crippen LogP contribution is -3.00. The largest absolute Gasteiger partial charge is 1.00 e. The molecule has 1 heterocycles. The fraction of sp³-hybridized carbons (Fsp3) is 0.0588. The zero-order valence-corrected chi connectivity index (χ0v) is 13.0. The van der Waals surface area contributed by atoms with Gasteiger partial charge in [0.15, 0.2) is 12.4 Å². The molecule has 23 heavy (non-hydrogen) atoms. The first kappa shape index (κ1) is 16.6. The number of rotatable bonds is 3. The van der Waals surface area contributed by atoms with Gasteiger partial charge in [-0.2, -0.15) is 4.57 Å². The minimum absolute atomic E-state index is 0. The van der Waals surface area contributed by atoms with E-state index in [1.165, 1.54) is 0 Å². The van der Waals surface area contributed by atoms with Crippen molar-refractivity contribution in [1.29, 1.82) is 0 Å². The third kappa shape index (κ3) is 3.52. The number of fused-ring (bicyclic) bond motifs is 1. The Bertz CT molecular complexity index is 838. The molecule has 118 valence electrons. The number of nitrogen functional groups attached to an aromatic ring is 1. The summed E-state index contributed by atoms with van der Waals surface area (Å²) < 4.78 is 1.75. The molecule has 0 bridgehead atoms. The first-order valence-corrected chi connectivity index (χ1v) is 6.89. The van der Waals surface area contributed by atoms with Gasteiger partial charge in [-0.1, -0.05) is 24.3 Å². The maximum absolute atomic E-state index is 12.1. The van der Waals surface area contributed by atoms with Gasteiger partial charge >= 0.3 is 0 Å². The van der Waals surface area contributed by atoms with E-state index in [1.807, 2.05) is 36.4 Å². The molecule has 5 nitrogen and oxygen atoms in total. The molecule has 0 fully saturated rings. The topological polar surface area (TPSA) is 79.2 Å². The number of nitrogens with zero attached hydrogens (tertiary/aromatic N) is 1. The van der Waals surface area contributed by atoms with E-state index < -0.39 is 0 Å². The van der Waals surface area contributed by atoms with Crippen LogP contribution in [0, 0.1) is 0 Å². The van der Waals surface area contributed by atoms with Gasteiger partial charge in [-0.3, -0.25) is 4.79 Å². The van der Waals surface area contributed by atoms with Crippen molar-refractivity contribution < 1.29 is 26.9 Å². The number of phenols is 1. The second-order valence-electron chi connectivity index (χ2n) is 5.00. The Morgan fingerprint density at radius 2 is 1.83 bits per heavy atom. The molecule has 6 heteroatoms. The highest BCUT2D eigenvalue weighted by atomic mass is 35.5. The minimum Gasteiger partial charge on any atom is -1.00 e. The molecule has 0 unspecified atom stereocenters. The monoisotopic (exact) mass is 329 g/mol. The van der Waals surface area contributed by atoms with Crippen LogP contribution >= 0.6 is 0 Å². The van der Waals surface area contributed by atoms with Gasteiger partial charge in [0.2, 0.25) is 6.54 Å². The van der Waals surface area contributed by atoms with Crippen LogP contribution in [0.4, 0.5) is 11.4 Å². The molecule has 0 saturated carbocycles. The third-order valence-electron chi connectivity index (χ3n) is 3.43. The van der Waals surface area contributed by atoms with Gasteiger partial charge in [0, 0.05) is 23.2 Å². The summed E-state index contributed by atoms with van der Waals surface area (Å²) in [4.78, 5) is 12.1. The second-order valence-corrected chi connectivity index (χ2v) is 5.00. The molecule has 0 aliphatic carbocycles.